The van der Waals surface area contributed by atoms with Gasteiger partial charge in [0.2, 0.25) is 5.91 Å². The Morgan fingerprint density at radius 1 is 1.33 bits per heavy atom. The normalized spacial score (nSPS) is 12.3. The molecule has 1 unspecified atom stereocenters. The van der Waals surface area contributed by atoms with Crippen LogP contribution in [-0.4, -0.2) is 49.9 Å². The zero-order valence-corrected chi connectivity index (χ0v) is 10.2. The van der Waals surface area contributed by atoms with Crippen LogP contribution in [0.3, 0.4) is 0 Å². The predicted octanol–water partition coefficient (Wildman–Crippen LogP) is 0.946. The van der Waals surface area contributed by atoms with Gasteiger partial charge in [-0.3, -0.25) is 4.79 Å². The van der Waals surface area contributed by atoms with Gasteiger partial charge in [0.05, 0.1) is 6.07 Å². The van der Waals surface area contributed by atoms with E-state index >= 15 is 0 Å². The summed E-state index contributed by atoms with van der Waals surface area (Å²) in [6.45, 7) is 3.48. The predicted molar refractivity (Wildman–Crippen MR) is 60.2 cm³/mol. The molecular weight excluding hydrogens is 190 g/mol. The van der Waals surface area contributed by atoms with E-state index in [0.29, 0.717) is 13.0 Å². The SMILES string of the molecule is CCCC(C#N)C(=O)N(C)CCN(C)C. The Morgan fingerprint density at radius 3 is 2.33 bits per heavy atom. The molecular formula is C11H21N3O. The van der Waals surface area contributed by atoms with E-state index in [1.807, 2.05) is 25.9 Å². The lowest BCUT2D eigenvalue weighted by atomic mass is 10.0. The quantitative estimate of drug-likeness (QED) is 0.657. The third kappa shape index (κ3) is 5.38. The number of likely N-dealkylation sites (N-methyl/N-ethyl adjacent to an activating group) is 2. The summed E-state index contributed by atoms with van der Waals surface area (Å²) in [6, 6.07) is 2.07. The van der Waals surface area contributed by atoms with Gasteiger partial charge in [-0.2, -0.15) is 5.26 Å². The molecule has 0 spiro atoms. The highest BCUT2D eigenvalue weighted by atomic mass is 16.2. The molecule has 0 rings (SSSR count). The molecule has 0 aliphatic rings. The summed E-state index contributed by atoms with van der Waals surface area (Å²) in [5.74, 6) is -0.525. The molecule has 0 heterocycles. The Kier molecular flexibility index (Phi) is 6.72. The summed E-state index contributed by atoms with van der Waals surface area (Å²) in [5.41, 5.74) is 0. The second kappa shape index (κ2) is 7.24. The van der Waals surface area contributed by atoms with Crippen molar-refractivity contribution in [2.45, 2.75) is 19.8 Å². The zero-order chi connectivity index (χ0) is 11.8. The van der Waals surface area contributed by atoms with Crippen LogP contribution in [-0.2, 0) is 4.79 Å². The van der Waals surface area contributed by atoms with E-state index in [1.54, 1.807) is 11.9 Å². The van der Waals surface area contributed by atoms with Crippen molar-refractivity contribution in [2.75, 3.05) is 34.2 Å². The maximum Gasteiger partial charge on any atom is 0.239 e. The molecule has 4 nitrogen and oxygen atoms in total. The van der Waals surface area contributed by atoms with E-state index in [1.165, 1.54) is 0 Å². The number of rotatable bonds is 6. The molecule has 0 N–H and O–H groups in total. The van der Waals surface area contributed by atoms with Gasteiger partial charge >= 0.3 is 0 Å². The lowest BCUT2D eigenvalue weighted by molar-refractivity contribution is -0.132. The molecule has 0 saturated carbocycles. The van der Waals surface area contributed by atoms with Crippen LogP contribution in [0.15, 0.2) is 0 Å². The number of carbonyl (C=O) groups excluding carboxylic acids is 1. The van der Waals surface area contributed by atoms with Crippen molar-refractivity contribution in [3.05, 3.63) is 0 Å². The van der Waals surface area contributed by atoms with Crippen LogP contribution in [0, 0.1) is 17.2 Å². The maximum absolute atomic E-state index is 11.8. The Hall–Kier alpha value is -1.08. The average Bonchev–Trinajstić information content (AvgIpc) is 2.21. The summed E-state index contributed by atoms with van der Waals surface area (Å²) in [7, 11) is 5.68. The number of hydrogen-bond acceptors (Lipinski definition) is 3. The molecule has 0 fully saturated rings. The second-order valence-electron chi connectivity index (χ2n) is 4.03. The second-order valence-corrected chi connectivity index (χ2v) is 4.03. The van der Waals surface area contributed by atoms with Crippen LogP contribution in [0.2, 0.25) is 0 Å². The molecule has 0 saturated heterocycles. The summed E-state index contributed by atoms with van der Waals surface area (Å²) in [5, 5.41) is 8.85. The standard InChI is InChI=1S/C11H21N3O/c1-5-6-10(9-12)11(15)14(4)8-7-13(2)3/h10H,5-8H2,1-4H3. The molecule has 1 atom stereocenters. The zero-order valence-electron chi connectivity index (χ0n) is 10.2. The number of hydrogen-bond donors (Lipinski definition) is 0. The first-order valence-electron chi connectivity index (χ1n) is 5.32. The lowest BCUT2D eigenvalue weighted by Gasteiger charge is -2.21. The summed E-state index contributed by atoms with van der Waals surface area (Å²) < 4.78 is 0. The van der Waals surface area contributed by atoms with Gasteiger partial charge in [0.1, 0.15) is 5.92 Å². The average molecular weight is 211 g/mol. The van der Waals surface area contributed by atoms with Crippen LogP contribution in [0.5, 0.6) is 0 Å². The third-order valence-corrected chi connectivity index (χ3v) is 2.29. The first-order chi connectivity index (χ1) is 7.02. The maximum atomic E-state index is 11.8. The minimum absolute atomic E-state index is 0.0544. The van der Waals surface area contributed by atoms with Gasteiger partial charge < -0.3 is 9.80 Å². The van der Waals surface area contributed by atoms with Crippen LogP contribution >= 0.6 is 0 Å². The van der Waals surface area contributed by atoms with Crippen molar-refractivity contribution in [1.82, 2.24) is 9.80 Å². The smallest absolute Gasteiger partial charge is 0.239 e. The van der Waals surface area contributed by atoms with Gasteiger partial charge in [-0.1, -0.05) is 13.3 Å². The molecule has 0 aromatic rings. The fourth-order valence-corrected chi connectivity index (χ4v) is 1.26. The Morgan fingerprint density at radius 2 is 1.93 bits per heavy atom. The molecule has 1 amide bonds. The van der Waals surface area contributed by atoms with Gasteiger partial charge in [-0.25, -0.2) is 0 Å². The topological polar surface area (TPSA) is 47.3 Å². The molecule has 4 heteroatoms. The van der Waals surface area contributed by atoms with Gasteiger partial charge in [0, 0.05) is 20.1 Å². The molecule has 86 valence electrons. The van der Waals surface area contributed by atoms with Gasteiger partial charge in [0.15, 0.2) is 0 Å². The van der Waals surface area contributed by atoms with Crippen molar-refractivity contribution >= 4 is 5.91 Å². The van der Waals surface area contributed by atoms with Crippen molar-refractivity contribution in [3.63, 3.8) is 0 Å². The number of nitrogens with zero attached hydrogens (tertiary/aromatic N) is 3. The molecule has 0 radical (unpaired) electrons. The number of nitriles is 1. The molecule has 0 bridgehead atoms. The fourth-order valence-electron chi connectivity index (χ4n) is 1.26. The van der Waals surface area contributed by atoms with Gasteiger partial charge in [0.25, 0.3) is 0 Å². The van der Waals surface area contributed by atoms with Crippen LogP contribution in [0.1, 0.15) is 19.8 Å². The van der Waals surface area contributed by atoms with Crippen molar-refractivity contribution in [2.24, 2.45) is 5.92 Å². The van der Waals surface area contributed by atoms with Crippen LogP contribution < -0.4 is 0 Å². The van der Waals surface area contributed by atoms with Gasteiger partial charge in [-0.15, -0.1) is 0 Å². The monoisotopic (exact) mass is 211 g/mol. The van der Waals surface area contributed by atoms with Crippen molar-refractivity contribution < 1.29 is 4.79 Å². The third-order valence-electron chi connectivity index (χ3n) is 2.29. The molecule has 15 heavy (non-hydrogen) atoms. The lowest BCUT2D eigenvalue weighted by Crippen LogP contribution is -2.37. The molecule has 0 aromatic carbocycles. The minimum atomic E-state index is -0.470. The minimum Gasteiger partial charge on any atom is -0.343 e. The van der Waals surface area contributed by atoms with E-state index in [0.717, 1.165) is 13.0 Å². The van der Waals surface area contributed by atoms with Crippen molar-refractivity contribution in [3.8, 4) is 6.07 Å². The highest BCUT2D eigenvalue weighted by molar-refractivity contribution is 5.80. The van der Waals surface area contributed by atoms with Gasteiger partial charge in [-0.05, 0) is 20.5 Å². The first kappa shape index (κ1) is 13.9. The van der Waals surface area contributed by atoms with Crippen LogP contribution in [0.25, 0.3) is 0 Å². The van der Waals surface area contributed by atoms with E-state index in [9.17, 15) is 4.79 Å². The molecule has 0 aromatic heterocycles. The molecule has 0 aliphatic heterocycles. The largest absolute Gasteiger partial charge is 0.343 e. The summed E-state index contributed by atoms with van der Waals surface area (Å²) in [4.78, 5) is 15.4. The van der Waals surface area contributed by atoms with E-state index in [2.05, 4.69) is 6.07 Å². The van der Waals surface area contributed by atoms with Crippen molar-refractivity contribution in [1.29, 1.82) is 5.26 Å². The summed E-state index contributed by atoms with van der Waals surface area (Å²) in [6.07, 6.45) is 1.52. The van der Waals surface area contributed by atoms with Crippen LogP contribution in [0.4, 0.5) is 0 Å². The van der Waals surface area contributed by atoms with E-state index in [4.69, 9.17) is 5.26 Å². The van der Waals surface area contributed by atoms with E-state index < -0.39 is 5.92 Å². The first-order valence-corrected chi connectivity index (χ1v) is 5.32. The highest BCUT2D eigenvalue weighted by Crippen LogP contribution is 2.08. The Bertz CT molecular complexity index is 232. The highest BCUT2D eigenvalue weighted by Gasteiger charge is 2.20. The molecule has 0 aliphatic carbocycles. The number of amides is 1. The Balaban J connectivity index is 4.11. The summed E-state index contributed by atoms with van der Waals surface area (Å²) >= 11 is 0. The fraction of sp³-hybridized carbons (Fsp3) is 0.818. The Labute approximate surface area is 92.5 Å². The number of carbonyl (C=O) groups is 1. The van der Waals surface area contributed by atoms with E-state index in [-0.39, 0.29) is 5.91 Å².